The van der Waals surface area contributed by atoms with Crippen molar-refractivity contribution in [2.75, 3.05) is 19.6 Å². The van der Waals surface area contributed by atoms with Crippen molar-refractivity contribution >= 4 is 12.2 Å². The van der Waals surface area contributed by atoms with Crippen LogP contribution in [0.5, 0.6) is 0 Å². The Hall–Kier alpha value is -2.37. The maximum absolute atomic E-state index is 5.08. The van der Waals surface area contributed by atoms with Crippen LogP contribution in [0.15, 0.2) is 60.7 Å². The molecule has 0 aliphatic heterocycles. The number of rotatable bonds is 5. The summed E-state index contributed by atoms with van der Waals surface area (Å²) in [5, 5.41) is 7.10. The summed E-state index contributed by atoms with van der Waals surface area (Å²) in [7, 11) is 0. The Balaban J connectivity index is 0.000000298. The van der Waals surface area contributed by atoms with Gasteiger partial charge in [0.2, 0.25) is 4.77 Å². The van der Waals surface area contributed by atoms with E-state index < -0.39 is 0 Å². The van der Waals surface area contributed by atoms with E-state index in [0.29, 0.717) is 4.77 Å². The number of H-pyrrole nitrogens is 1. The summed E-state index contributed by atoms with van der Waals surface area (Å²) in [5.74, 6) is 0. The van der Waals surface area contributed by atoms with E-state index in [2.05, 4.69) is 40.9 Å². The van der Waals surface area contributed by atoms with Gasteiger partial charge in [0.25, 0.3) is 0 Å². The lowest BCUT2D eigenvalue weighted by molar-refractivity contribution is 0.321. The van der Waals surface area contributed by atoms with Crippen molar-refractivity contribution in [3.63, 3.8) is 0 Å². The highest BCUT2D eigenvalue weighted by Gasteiger charge is 2.10. The van der Waals surface area contributed by atoms with Crippen molar-refractivity contribution < 1.29 is 0 Å². The predicted octanol–water partition coefficient (Wildman–Crippen LogP) is 5.22. The number of benzene rings is 2. The third-order valence-electron chi connectivity index (χ3n) is 4.14. The van der Waals surface area contributed by atoms with E-state index in [9.17, 15) is 0 Å². The molecule has 0 unspecified atom stereocenters. The van der Waals surface area contributed by atoms with E-state index in [1.807, 2.05) is 60.7 Å². The summed E-state index contributed by atoms with van der Waals surface area (Å²) >= 11 is 5.08. The van der Waals surface area contributed by atoms with Crippen molar-refractivity contribution in [2.24, 2.45) is 0 Å². The largest absolute Gasteiger partial charge is 0.304 e. The Morgan fingerprint density at radius 3 is 1.65 bits per heavy atom. The van der Waals surface area contributed by atoms with Gasteiger partial charge in [-0.3, -0.25) is 5.10 Å². The fourth-order valence-corrected chi connectivity index (χ4v) is 2.74. The van der Waals surface area contributed by atoms with Gasteiger partial charge in [-0.25, -0.2) is 4.98 Å². The lowest BCUT2D eigenvalue weighted by Gasteiger charge is -2.13. The molecule has 5 heteroatoms. The lowest BCUT2D eigenvalue weighted by Crippen LogP contribution is -2.21. The molecule has 1 N–H and O–H groups in total. The van der Waals surface area contributed by atoms with Crippen LogP contribution in [0.2, 0.25) is 0 Å². The monoisotopic (exact) mass is 366 g/mol. The summed E-state index contributed by atoms with van der Waals surface area (Å²) < 4.78 is 0.388. The molecule has 2 aromatic carbocycles. The van der Waals surface area contributed by atoms with Crippen LogP contribution in [0, 0.1) is 4.77 Å². The third-order valence-corrected chi connectivity index (χ3v) is 4.32. The number of hydrogen-bond acceptors (Lipinski definition) is 4. The molecule has 26 heavy (non-hydrogen) atoms. The minimum atomic E-state index is 0.388. The second kappa shape index (κ2) is 10.6. The van der Waals surface area contributed by atoms with Crippen LogP contribution in [0.1, 0.15) is 20.8 Å². The van der Waals surface area contributed by atoms with Crippen molar-refractivity contribution in [3.05, 3.63) is 65.4 Å². The average Bonchev–Trinajstić information content (AvgIpc) is 2.71. The van der Waals surface area contributed by atoms with E-state index in [4.69, 9.17) is 12.2 Å². The molecule has 136 valence electrons. The Morgan fingerprint density at radius 2 is 1.23 bits per heavy atom. The summed E-state index contributed by atoms with van der Waals surface area (Å²) in [4.78, 5) is 6.79. The van der Waals surface area contributed by atoms with Gasteiger partial charge in [0.15, 0.2) is 0 Å². The van der Waals surface area contributed by atoms with E-state index >= 15 is 0 Å². The standard InChI is InChI=1S/C15H11N3S.C6H15N/c19-15-16-13(11-7-3-1-4-8-11)14(17-18-15)12-9-5-2-6-10-12;1-4-7(5-2)6-3/h1-10H,(H,16,18,19);4-6H2,1-3H3. The number of nitrogens with one attached hydrogen (secondary N) is 1. The molecule has 3 rings (SSSR count). The van der Waals surface area contributed by atoms with Crippen LogP contribution in [-0.4, -0.2) is 39.7 Å². The molecule has 0 aliphatic carbocycles. The van der Waals surface area contributed by atoms with E-state index in [0.717, 1.165) is 22.5 Å². The Labute approximate surface area is 160 Å². The Bertz CT molecular complexity index is 822. The lowest BCUT2D eigenvalue weighted by atomic mass is 10.0. The predicted molar refractivity (Wildman–Crippen MR) is 112 cm³/mol. The van der Waals surface area contributed by atoms with Crippen molar-refractivity contribution in [3.8, 4) is 22.5 Å². The number of nitrogens with zero attached hydrogens (tertiary/aromatic N) is 3. The number of hydrogen-bond donors (Lipinski definition) is 1. The van der Waals surface area contributed by atoms with Gasteiger partial charge in [0, 0.05) is 11.1 Å². The topological polar surface area (TPSA) is 44.8 Å². The molecular weight excluding hydrogens is 340 g/mol. The van der Waals surface area contributed by atoms with Crippen LogP contribution in [-0.2, 0) is 0 Å². The molecule has 0 atom stereocenters. The second-order valence-corrected chi connectivity index (χ2v) is 6.08. The highest BCUT2D eigenvalue weighted by Crippen LogP contribution is 2.27. The zero-order valence-electron chi connectivity index (χ0n) is 15.6. The summed E-state index contributed by atoms with van der Waals surface area (Å²) in [6, 6.07) is 19.9. The first-order valence-corrected chi connectivity index (χ1v) is 9.40. The molecule has 1 heterocycles. The molecule has 0 saturated heterocycles. The highest BCUT2D eigenvalue weighted by atomic mass is 32.1. The van der Waals surface area contributed by atoms with E-state index in [-0.39, 0.29) is 0 Å². The molecule has 0 radical (unpaired) electrons. The molecule has 0 spiro atoms. The van der Waals surface area contributed by atoms with Gasteiger partial charge in [-0.05, 0) is 31.9 Å². The van der Waals surface area contributed by atoms with Crippen molar-refractivity contribution in [1.82, 2.24) is 20.1 Å². The van der Waals surface area contributed by atoms with E-state index in [1.165, 1.54) is 19.6 Å². The quantitative estimate of drug-likeness (QED) is 0.629. The van der Waals surface area contributed by atoms with Crippen LogP contribution in [0.4, 0.5) is 0 Å². The maximum atomic E-state index is 5.08. The molecular formula is C21H26N4S. The summed E-state index contributed by atoms with van der Waals surface area (Å²) in [5.41, 5.74) is 3.63. The normalized spacial score (nSPS) is 10.3. The Kier molecular flexibility index (Phi) is 8.12. The SMILES string of the molecule is CCN(CC)CC.S=c1nc(-c2ccccc2)c(-c2ccccc2)n[nH]1. The highest BCUT2D eigenvalue weighted by molar-refractivity contribution is 7.71. The molecule has 3 aromatic rings. The van der Waals surface area contributed by atoms with Gasteiger partial charge < -0.3 is 4.90 Å². The molecule has 0 saturated carbocycles. The minimum Gasteiger partial charge on any atom is -0.304 e. The zero-order chi connectivity index (χ0) is 18.8. The molecule has 0 bridgehead atoms. The van der Waals surface area contributed by atoms with Gasteiger partial charge in [-0.15, -0.1) is 0 Å². The number of aromatic nitrogens is 3. The second-order valence-electron chi connectivity index (χ2n) is 5.69. The average molecular weight is 367 g/mol. The molecule has 0 aliphatic rings. The minimum absolute atomic E-state index is 0.388. The van der Waals surface area contributed by atoms with Gasteiger partial charge in [0.1, 0.15) is 11.4 Å². The zero-order valence-corrected chi connectivity index (χ0v) is 16.5. The first-order chi connectivity index (χ1) is 12.7. The molecule has 4 nitrogen and oxygen atoms in total. The smallest absolute Gasteiger partial charge is 0.214 e. The fraction of sp³-hybridized carbons (Fsp3) is 0.286. The van der Waals surface area contributed by atoms with Crippen LogP contribution < -0.4 is 0 Å². The van der Waals surface area contributed by atoms with Gasteiger partial charge in [0.05, 0.1) is 0 Å². The molecule has 0 fully saturated rings. The first-order valence-electron chi connectivity index (χ1n) is 8.99. The van der Waals surface area contributed by atoms with Gasteiger partial charge in [-0.1, -0.05) is 81.4 Å². The van der Waals surface area contributed by atoms with Gasteiger partial charge >= 0.3 is 0 Å². The van der Waals surface area contributed by atoms with Crippen molar-refractivity contribution in [2.45, 2.75) is 20.8 Å². The summed E-state index contributed by atoms with van der Waals surface area (Å²) in [6.45, 7) is 10.1. The van der Waals surface area contributed by atoms with Crippen LogP contribution >= 0.6 is 12.2 Å². The Morgan fingerprint density at radius 1 is 0.769 bits per heavy atom. The fourth-order valence-electron chi connectivity index (χ4n) is 2.60. The van der Waals surface area contributed by atoms with Gasteiger partial charge in [-0.2, -0.15) is 5.10 Å². The van der Waals surface area contributed by atoms with Crippen molar-refractivity contribution in [1.29, 1.82) is 0 Å². The molecule has 0 amide bonds. The maximum Gasteiger partial charge on any atom is 0.214 e. The molecule has 1 aromatic heterocycles. The first kappa shape index (κ1) is 19.9. The van der Waals surface area contributed by atoms with E-state index in [1.54, 1.807) is 0 Å². The third kappa shape index (κ3) is 5.58. The van der Waals surface area contributed by atoms with Crippen LogP contribution in [0.25, 0.3) is 22.5 Å². The number of aromatic amines is 1. The van der Waals surface area contributed by atoms with Crippen LogP contribution in [0.3, 0.4) is 0 Å². The summed E-state index contributed by atoms with van der Waals surface area (Å²) in [6.07, 6.45) is 0.